The molecule has 0 saturated heterocycles. The largest absolute Gasteiger partial charge is 0.369 e. The number of pyridine rings is 1. The van der Waals surface area contributed by atoms with Gasteiger partial charge in [-0.2, -0.15) is 5.10 Å². The van der Waals surface area contributed by atoms with E-state index in [2.05, 4.69) is 20.5 Å². The Kier molecular flexibility index (Phi) is 5.54. The Morgan fingerprint density at radius 1 is 1.24 bits per heavy atom. The van der Waals surface area contributed by atoms with E-state index in [1.807, 2.05) is 12.1 Å². The molecule has 2 aromatic rings. The van der Waals surface area contributed by atoms with Crippen molar-refractivity contribution in [3.63, 3.8) is 0 Å². The van der Waals surface area contributed by atoms with Crippen LogP contribution in [-0.4, -0.2) is 17.2 Å². The van der Waals surface area contributed by atoms with Gasteiger partial charge in [-0.05, 0) is 23.8 Å². The Morgan fingerprint density at radius 3 is 2.67 bits per heavy atom. The SMILES string of the molecule is NC(=NCc1cccnc1)N/N=C/c1c(Cl)cccc1Cl. The number of nitrogens with two attached hydrogens (primary N) is 1. The molecule has 3 N–H and O–H groups in total. The van der Waals surface area contributed by atoms with E-state index in [9.17, 15) is 0 Å². The average Bonchev–Trinajstić information content (AvgIpc) is 2.49. The number of rotatable bonds is 4. The highest BCUT2D eigenvalue weighted by molar-refractivity contribution is 6.38. The number of aromatic nitrogens is 1. The third kappa shape index (κ3) is 4.73. The highest BCUT2D eigenvalue weighted by atomic mass is 35.5. The minimum absolute atomic E-state index is 0.193. The summed E-state index contributed by atoms with van der Waals surface area (Å²) in [5.74, 6) is 0.193. The summed E-state index contributed by atoms with van der Waals surface area (Å²) in [5.41, 5.74) is 9.89. The first-order chi connectivity index (χ1) is 10.2. The normalized spacial score (nSPS) is 11.8. The van der Waals surface area contributed by atoms with Gasteiger partial charge in [-0.3, -0.25) is 4.98 Å². The fourth-order valence-electron chi connectivity index (χ4n) is 1.50. The summed E-state index contributed by atoms with van der Waals surface area (Å²) in [6, 6.07) is 8.98. The second kappa shape index (κ2) is 7.61. The Labute approximate surface area is 132 Å². The van der Waals surface area contributed by atoms with Gasteiger partial charge in [0, 0.05) is 18.0 Å². The molecule has 1 aromatic heterocycles. The van der Waals surface area contributed by atoms with Gasteiger partial charge in [-0.15, -0.1) is 0 Å². The quantitative estimate of drug-likeness (QED) is 0.516. The van der Waals surface area contributed by atoms with Crippen molar-refractivity contribution < 1.29 is 0 Å². The molecule has 0 aliphatic carbocycles. The van der Waals surface area contributed by atoms with Gasteiger partial charge < -0.3 is 5.73 Å². The van der Waals surface area contributed by atoms with Crippen molar-refractivity contribution in [3.8, 4) is 0 Å². The molecular weight excluding hydrogens is 309 g/mol. The lowest BCUT2D eigenvalue weighted by atomic mass is 10.2. The van der Waals surface area contributed by atoms with Gasteiger partial charge >= 0.3 is 0 Å². The summed E-state index contributed by atoms with van der Waals surface area (Å²) in [7, 11) is 0. The Morgan fingerprint density at radius 2 is 2.00 bits per heavy atom. The molecule has 0 aliphatic rings. The van der Waals surface area contributed by atoms with Crippen molar-refractivity contribution >= 4 is 35.4 Å². The smallest absolute Gasteiger partial charge is 0.209 e. The maximum Gasteiger partial charge on any atom is 0.209 e. The number of halogens is 2. The number of nitrogens with one attached hydrogen (secondary N) is 1. The van der Waals surface area contributed by atoms with Crippen LogP contribution in [0.4, 0.5) is 0 Å². The number of benzene rings is 1. The highest BCUT2D eigenvalue weighted by Gasteiger charge is 2.01. The van der Waals surface area contributed by atoms with Gasteiger partial charge in [0.1, 0.15) is 0 Å². The fraction of sp³-hybridized carbons (Fsp3) is 0.0714. The Hall–Kier alpha value is -2.11. The molecule has 0 fully saturated rings. The van der Waals surface area contributed by atoms with E-state index >= 15 is 0 Å². The summed E-state index contributed by atoms with van der Waals surface area (Å²) >= 11 is 12.0. The molecule has 7 heteroatoms. The third-order valence-electron chi connectivity index (χ3n) is 2.53. The van der Waals surface area contributed by atoms with E-state index in [0.29, 0.717) is 22.2 Å². The monoisotopic (exact) mass is 321 g/mol. The van der Waals surface area contributed by atoms with E-state index in [1.165, 1.54) is 6.21 Å². The van der Waals surface area contributed by atoms with Crippen LogP contribution in [-0.2, 0) is 6.54 Å². The van der Waals surface area contributed by atoms with Crippen LogP contribution in [0.3, 0.4) is 0 Å². The number of hydrogen-bond acceptors (Lipinski definition) is 3. The lowest BCUT2D eigenvalue weighted by Gasteiger charge is -2.02. The van der Waals surface area contributed by atoms with E-state index < -0.39 is 0 Å². The van der Waals surface area contributed by atoms with Crippen molar-refractivity contribution in [1.29, 1.82) is 0 Å². The second-order valence-electron chi connectivity index (χ2n) is 4.07. The molecule has 0 unspecified atom stereocenters. The fourth-order valence-corrected chi connectivity index (χ4v) is 2.00. The molecule has 0 amide bonds. The molecule has 2 rings (SSSR count). The summed E-state index contributed by atoms with van der Waals surface area (Å²) in [5, 5.41) is 4.99. The standard InChI is InChI=1S/C14H13Cl2N5/c15-12-4-1-5-13(16)11(12)9-20-21-14(17)19-8-10-3-2-6-18-7-10/h1-7,9H,8H2,(H3,17,19,21)/b20-9+. The minimum Gasteiger partial charge on any atom is -0.369 e. The van der Waals surface area contributed by atoms with Crippen LogP contribution in [0.1, 0.15) is 11.1 Å². The summed E-state index contributed by atoms with van der Waals surface area (Å²) in [4.78, 5) is 8.13. The first-order valence-corrected chi connectivity index (χ1v) is 6.84. The van der Waals surface area contributed by atoms with Crippen LogP contribution in [0.15, 0.2) is 52.8 Å². The summed E-state index contributed by atoms with van der Waals surface area (Å²) in [6.07, 6.45) is 4.92. The van der Waals surface area contributed by atoms with Crippen LogP contribution >= 0.6 is 23.2 Å². The van der Waals surface area contributed by atoms with E-state index in [0.717, 1.165) is 5.56 Å². The minimum atomic E-state index is 0.193. The number of nitrogens with zero attached hydrogens (tertiary/aromatic N) is 3. The molecule has 0 atom stereocenters. The molecule has 0 saturated carbocycles. The molecule has 0 spiro atoms. The van der Waals surface area contributed by atoms with Gasteiger partial charge in [0.2, 0.25) is 5.96 Å². The van der Waals surface area contributed by atoms with Crippen LogP contribution < -0.4 is 11.2 Å². The zero-order valence-electron chi connectivity index (χ0n) is 11.0. The average molecular weight is 322 g/mol. The van der Waals surface area contributed by atoms with Gasteiger partial charge in [-0.25, -0.2) is 10.4 Å². The van der Waals surface area contributed by atoms with Crippen LogP contribution in [0.25, 0.3) is 0 Å². The van der Waals surface area contributed by atoms with Gasteiger partial charge in [0.05, 0.1) is 22.8 Å². The number of aliphatic imine (C=N–C) groups is 1. The van der Waals surface area contributed by atoms with Gasteiger partial charge in [0.15, 0.2) is 0 Å². The lowest BCUT2D eigenvalue weighted by molar-refractivity contribution is 0.958. The predicted molar refractivity (Wildman–Crippen MR) is 86.8 cm³/mol. The summed E-state index contributed by atoms with van der Waals surface area (Å²) < 4.78 is 0. The molecule has 108 valence electrons. The first kappa shape index (κ1) is 15.3. The predicted octanol–water partition coefficient (Wildman–Crippen LogP) is 2.83. The van der Waals surface area contributed by atoms with Crippen molar-refractivity contribution in [2.24, 2.45) is 15.8 Å². The Balaban J connectivity index is 1.94. The van der Waals surface area contributed by atoms with Crippen molar-refractivity contribution in [2.45, 2.75) is 6.54 Å². The van der Waals surface area contributed by atoms with E-state index in [-0.39, 0.29) is 5.96 Å². The van der Waals surface area contributed by atoms with Crippen LogP contribution in [0, 0.1) is 0 Å². The van der Waals surface area contributed by atoms with Gasteiger partial charge in [0.25, 0.3) is 0 Å². The molecule has 21 heavy (non-hydrogen) atoms. The zero-order chi connectivity index (χ0) is 15.1. The zero-order valence-corrected chi connectivity index (χ0v) is 12.5. The van der Waals surface area contributed by atoms with E-state index in [4.69, 9.17) is 28.9 Å². The van der Waals surface area contributed by atoms with Crippen molar-refractivity contribution in [3.05, 3.63) is 63.9 Å². The van der Waals surface area contributed by atoms with Crippen LogP contribution in [0.2, 0.25) is 10.0 Å². The molecule has 5 nitrogen and oxygen atoms in total. The molecular formula is C14H13Cl2N5. The Bertz CT molecular complexity index is 635. The first-order valence-electron chi connectivity index (χ1n) is 6.08. The summed E-state index contributed by atoms with van der Waals surface area (Å²) in [6.45, 7) is 0.426. The number of hydrogen-bond donors (Lipinski definition) is 2. The maximum atomic E-state index is 6.01. The lowest BCUT2D eigenvalue weighted by Crippen LogP contribution is -2.27. The molecule has 0 radical (unpaired) electrons. The third-order valence-corrected chi connectivity index (χ3v) is 3.19. The molecule has 1 heterocycles. The number of hydrazone groups is 1. The van der Waals surface area contributed by atoms with Crippen molar-refractivity contribution in [2.75, 3.05) is 0 Å². The molecule has 1 aromatic carbocycles. The highest BCUT2D eigenvalue weighted by Crippen LogP contribution is 2.21. The molecule has 0 aliphatic heterocycles. The molecule has 0 bridgehead atoms. The van der Waals surface area contributed by atoms with Crippen molar-refractivity contribution in [1.82, 2.24) is 10.4 Å². The van der Waals surface area contributed by atoms with Gasteiger partial charge in [-0.1, -0.05) is 35.3 Å². The second-order valence-corrected chi connectivity index (χ2v) is 4.88. The topological polar surface area (TPSA) is 75.7 Å². The number of guanidine groups is 1. The van der Waals surface area contributed by atoms with E-state index in [1.54, 1.807) is 30.6 Å². The maximum absolute atomic E-state index is 6.01. The van der Waals surface area contributed by atoms with Crippen LogP contribution in [0.5, 0.6) is 0 Å².